The molecule has 0 saturated carbocycles. The molecule has 0 radical (unpaired) electrons. The number of cyclic esters (lactones) is 1. The van der Waals surface area contributed by atoms with Crippen LogP contribution in [0.25, 0.3) is 0 Å². The molecule has 1 rings (SSSR count). The second-order valence-corrected chi connectivity index (χ2v) is 4.44. The van der Waals surface area contributed by atoms with Gasteiger partial charge in [-0.2, -0.15) is 0 Å². The lowest BCUT2D eigenvalue weighted by Gasteiger charge is -2.26. The Morgan fingerprint density at radius 1 is 1.54 bits per heavy atom. The van der Waals surface area contributed by atoms with E-state index in [2.05, 4.69) is 0 Å². The first-order chi connectivity index (χ1) is 5.78. The monoisotopic (exact) mass is 185 g/mol. The quantitative estimate of drug-likeness (QED) is 0.469. The number of ketones is 1. The van der Waals surface area contributed by atoms with Crippen LogP contribution in [0.1, 0.15) is 27.2 Å². The molecular formula is C9H15NO3. The summed E-state index contributed by atoms with van der Waals surface area (Å²) < 4.78 is 4.70. The fourth-order valence-corrected chi connectivity index (χ4v) is 1.41. The maximum Gasteiger partial charge on any atom is 0.334 e. The van der Waals surface area contributed by atoms with Crippen LogP contribution in [0.3, 0.4) is 0 Å². The van der Waals surface area contributed by atoms with E-state index >= 15 is 0 Å². The van der Waals surface area contributed by atoms with Crippen molar-refractivity contribution in [2.45, 2.75) is 32.7 Å². The minimum atomic E-state index is -1.40. The van der Waals surface area contributed by atoms with E-state index in [1.165, 1.54) is 0 Å². The van der Waals surface area contributed by atoms with Crippen LogP contribution in [-0.2, 0) is 14.3 Å². The molecule has 1 heterocycles. The maximum absolute atomic E-state index is 11.8. The van der Waals surface area contributed by atoms with Gasteiger partial charge < -0.3 is 10.5 Å². The maximum atomic E-state index is 11.8. The molecule has 4 nitrogen and oxygen atoms in total. The predicted octanol–water partition coefficient (Wildman–Crippen LogP) is 0.246. The number of carbonyl (C=O) groups excluding carboxylic acids is 2. The Kier molecular flexibility index (Phi) is 2.20. The van der Waals surface area contributed by atoms with Crippen LogP contribution in [0.15, 0.2) is 0 Å². The number of esters is 1. The van der Waals surface area contributed by atoms with Crippen molar-refractivity contribution in [2.24, 2.45) is 11.1 Å². The summed E-state index contributed by atoms with van der Waals surface area (Å²) >= 11 is 0. The third kappa shape index (κ3) is 1.58. The van der Waals surface area contributed by atoms with E-state index in [0.717, 1.165) is 0 Å². The smallest absolute Gasteiger partial charge is 0.334 e. The molecule has 1 saturated heterocycles. The van der Waals surface area contributed by atoms with Crippen molar-refractivity contribution in [2.75, 3.05) is 6.61 Å². The van der Waals surface area contributed by atoms with Gasteiger partial charge in [-0.1, -0.05) is 20.8 Å². The molecule has 4 heteroatoms. The fraction of sp³-hybridized carbons (Fsp3) is 0.778. The van der Waals surface area contributed by atoms with Crippen molar-refractivity contribution in [3.63, 3.8) is 0 Å². The number of carbonyl (C=O) groups is 2. The number of ether oxygens (including phenoxy) is 1. The largest absolute Gasteiger partial charge is 0.464 e. The summed E-state index contributed by atoms with van der Waals surface area (Å²) in [6, 6.07) is 0. The number of Topliss-reactive ketones (excluding diaryl/α,β-unsaturated/α-hetero) is 1. The molecule has 1 atom stereocenters. The van der Waals surface area contributed by atoms with Gasteiger partial charge in [0.2, 0.25) is 0 Å². The molecule has 1 aliphatic heterocycles. The molecule has 1 unspecified atom stereocenters. The number of nitrogens with two attached hydrogens (primary N) is 1. The van der Waals surface area contributed by atoms with E-state index in [0.29, 0.717) is 6.42 Å². The average Bonchev–Trinajstić information content (AvgIpc) is 2.30. The molecule has 0 amide bonds. The molecule has 0 aromatic heterocycles. The molecule has 0 aromatic carbocycles. The van der Waals surface area contributed by atoms with Crippen LogP contribution in [0.2, 0.25) is 0 Å². The zero-order chi connectivity index (χ0) is 10.3. The van der Waals surface area contributed by atoms with Crippen molar-refractivity contribution >= 4 is 11.8 Å². The van der Waals surface area contributed by atoms with Gasteiger partial charge in [0.05, 0.1) is 6.61 Å². The van der Waals surface area contributed by atoms with Crippen molar-refractivity contribution in [1.29, 1.82) is 0 Å². The van der Waals surface area contributed by atoms with Crippen LogP contribution in [0, 0.1) is 5.41 Å². The van der Waals surface area contributed by atoms with Gasteiger partial charge in [-0.25, -0.2) is 4.79 Å². The van der Waals surface area contributed by atoms with E-state index in [4.69, 9.17) is 10.5 Å². The van der Waals surface area contributed by atoms with E-state index in [1.807, 2.05) is 0 Å². The van der Waals surface area contributed by atoms with Crippen LogP contribution in [0.5, 0.6) is 0 Å². The Bertz CT molecular complexity index is 254. The number of hydrogen-bond donors (Lipinski definition) is 1. The Labute approximate surface area is 77.4 Å². The van der Waals surface area contributed by atoms with Crippen molar-refractivity contribution in [1.82, 2.24) is 0 Å². The summed E-state index contributed by atoms with van der Waals surface area (Å²) in [7, 11) is 0. The van der Waals surface area contributed by atoms with Gasteiger partial charge in [0.25, 0.3) is 0 Å². The van der Waals surface area contributed by atoms with Gasteiger partial charge >= 0.3 is 5.97 Å². The highest BCUT2D eigenvalue weighted by atomic mass is 16.5. The zero-order valence-electron chi connectivity index (χ0n) is 8.22. The summed E-state index contributed by atoms with van der Waals surface area (Å²) in [6.45, 7) is 5.48. The molecule has 2 N–H and O–H groups in total. The van der Waals surface area contributed by atoms with Gasteiger partial charge in [-0.3, -0.25) is 4.79 Å². The first-order valence-electron chi connectivity index (χ1n) is 4.29. The molecule has 13 heavy (non-hydrogen) atoms. The predicted molar refractivity (Wildman–Crippen MR) is 47.0 cm³/mol. The molecule has 1 fully saturated rings. The van der Waals surface area contributed by atoms with E-state index in [1.54, 1.807) is 20.8 Å². The second-order valence-electron chi connectivity index (χ2n) is 4.44. The average molecular weight is 185 g/mol. The minimum absolute atomic E-state index is 0.247. The van der Waals surface area contributed by atoms with E-state index in [9.17, 15) is 9.59 Å². The molecule has 0 aliphatic carbocycles. The molecule has 0 bridgehead atoms. The van der Waals surface area contributed by atoms with E-state index in [-0.39, 0.29) is 12.4 Å². The first-order valence-corrected chi connectivity index (χ1v) is 4.29. The van der Waals surface area contributed by atoms with Gasteiger partial charge in [0.1, 0.15) is 0 Å². The standard InChI is InChI=1S/C9H15NO3/c1-8(2,3)6(11)9(10)4-5-13-7(9)12/h4-5,10H2,1-3H3. The normalized spacial score (nSPS) is 28.8. The van der Waals surface area contributed by atoms with Gasteiger partial charge in [-0.05, 0) is 0 Å². The molecule has 0 aromatic rings. The molecule has 74 valence electrons. The number of hydrogen-bond acceptors (Lipinski definition) is 4. The van der Waals surface area contributed by atoms with Crippen molar-refractivity contribution < 1.29 is 14.3 Å². The summed E-state index contributed by atoms with van der Waals surface area (Å²) in [5.74, 6) is -0.838. The van der Waals surface area contributed by atoms with Crippen LogP contribution in [0.4, 0.5) is 0 Å². The van der Waals surface area contributed by atoms with Gasteiger partial charge in [0.15, 0.2) is 11.3 Å². The number of rotatable bonds is 1. The summed E-state index contributed by atoms with van der Waals surface area (Å²) in [5.41, 5.74) is 3.70. The van der Waals surface area contributed by atoms with Gasteiger partial charge in [0, 0.05) is 11.8 Å². The third-order valence-corrected chi connectivity index (χ3v) is 2.18. The summed E-state index contributed by atoms with van der Waals surface area (Å²) in [4.78, 5) is 23.0. The van der Waals surface area contributed by atoms with Crippen molar-refractivity contribution in [3.05, 3.63) is 0 Å². The lowest BCUT2D eigenvalue weighted by Crippen LogP contribution is -2.56. The van der Waals surface area contributed by atoms with Crippen LogP contribution >= 0.6 is 0 Å². The Balaban J connectivity index is 2.94. The van der Waals surface area contributed by atoms with Crippen LogP contribution in [-0.4, -0.2) is 23.9 Å². The summed E-state index contributed by atoms with van der Waals surface area (Å²) in [5, 5.41) is 0. The fourth-order valence-electron chi connectivity index (χ4n) is 1.41. The highest BCUT2D eigenvalue weighted by molar-refractivity contribution is 6.11. The van der Waals surface area contributed by atoms with Crippen LogP contribution < -0.4 is 5.73 Å². The molecular weight excluding hydrogens is 170 g/mol. The Hall–Kier alpha value is -0.900. The third-order valence-electron chi connectivity index (χ3n) is 2.18. The second kappa shape index (κ2) is 2.80. The first kappa shape index (κ1) is 10.2. The summed E-state index contributed by atoms with van der Waals surface area (Å²) in [6.07, 6.45) is 0.294. The van der Waals surface area contributed by atoms with Crippen molar-refractivity contribution in [3.8, 4) is 0 Å². The van der Waals surface area contributed by atoms with E-state index < -0.39 is 16.9 Å². The lowest BCUT2D eigenvalue weighted by atomic mass is 9.78. The SMILES string of the molecule is CC(C)(C)C(=O)C1(N)CCOC1=O. The zero-order valence-corrected chi connectivity index (χ0v) is 8.22. The Morgan fingerprint density at radius 3 is 2.38 bits per heavy atom. The molecule has 0 spiro atoms. The highest BCUT2D eigenvalue weighted by Crippen LogP contribution is 2.28. The molecule has 1 aliphatic rings. The van der Waals surface area contributed by atoms with Gasteiger partial charge in [-0.15, -0.1) is 0 Å². The Morgan fingerprint density at radius 2 is 2.08 bits per heavy atom. The minimum Gasteiger partial charge on any atom is -0.464 e. The lowest BCUT2D eigenvalue weighted by molar-refractivity contribution is -0.148. The highest BCUT2D eigenvalue weighted by Gasteiger charge is 2.51. The topological polar surface area (TPSA) is 69.4 Å².